The van der Waals surface area contributed by atoms with Gasteiger partial charge in [0.1, 0.15) is 0 Å². The molecule has 0 heterocycles. The largest absolute Gasteiger partial charge is 0.394 e. The minimum Gasteiger partial charge on any atom is -0.394 e. The second kappa shape index (κ2) is 14.7. The number of carbonyl (C=O) groups excluding carboxylic acids is 1. The minimum atomic E-state index is -0.679. The highest BCUT2D eigenvalue weighted by Crippen LogP contribution is 2.18. The number of amides is 1. The lowest BCUT2D eigenvalue weighted by Gasteiger charge is -2.20. The summed E-state index contributed by atoms with van der Waals surface area (Å²) in [6.07, 6.45) is 11.2. The molecule has 0 aliphatic rings. The Hall–Kier alpha value is -1.39. The van der Waals surface area contributed by atoms with E-state index in [4.69, 9.17) is 0 Å². The average Bonchev–Trinajstić information content (AvgIpc) is 2.66. The number of aliphatic hydroxyl groups is 2. The van der Waals surface area contributed by atoms with Crippen LogP contribution >= 0.6 is 0 Å². The van der Waals surface area contributed by atoms with Crippen LogP contribution in [-0.4, -0.2) is 28.8 Å². The van der Waals surface area contributed by atoms with E-state index < -0.39 is 12.1 Å². The normalized spacial score (nSPS) is 13.3. The van der Waals surface area contributed by atoms with Crippen LogP contribution in [0, 0.1) is 0 Å². The van der Waals surface area contributed by atoms with E-state index in [2.05, 4.69) is 12.2 Å². The number of hydrogen-bond acceptors (Lipinski definition) is 3. The van der Waals surface area contributed by atoms with E-state index in [1.54, 1.807) is 0 Å². The second-order valence-electron chi connectivity index (χ2n) is 7.19. The third-order valence-corrected chi connectivity index (χ3v) is 4.79. The summed E-state index contributed by atoms with van der Waals surface area (Å²) >= 11 is 0. The van der Waals surface area contributed by atoms with E-state index in [9.17, 15) is 15.0 Å². The maximum Gasteiger partial charge on any atom is 0.220 e. The summed E-state index contributed by atoms with van der Waals surface area (Å²) in [7, 11) is 0. The smallest absolute Gasteiger partial charge is 0.220 e. The van der Waals surface area contributed by atoms with Crippen LogP contribution in [0.3, 0.4) is 0 Å². The highest BCUT2D eigenvalue weighted by molar-refractivity contribution is 5.76. The summed E-state index contributed by atoms with van der Waals surface area (Å²) < 4.78 is 0. The van der Waals surface area contributed by atoms with Gasteiger partial charge in [-0.15, -0.1) is 0 Å². The first-order valence-electron chi connectivity index (χ1n) is 10.3. The highest BCUT2D eigenvalue weighted by Gasteiger charge is 2.17. The fourth-order valence-electron chi connectivity index (χ4n) is 3.16. The van der Waals surface area contributed by atoms with Gasteiger partial charge in [-0.25, -0.2) is 0 Å². The van der Waals surface area contributed by atoms with Crippen molar-refractivity contribution in [2.75, 3.05) is 6.61 Å². The zero-order valence-corrected chi connectivity index (χ0v) is 16.3. The topological polar surface area (TPSA) is 69.6 Å². The Bertz CT molecular complexity index is 464. The fourth-order valence-corrected chi connectivity index (χ4v) is 3.16. The molecule has 1 amide bonds. The lowest BCUT2D eigenvalue weighted by Crippen LogP contribution is -2.38. The molecular formula is C22H37NO3. The predicted octanol–water partition coefficient (Wildman–Crippen LogP) is 4.51. The van der Waals surface area contributed by atoms with Gasteiger partial charge in [0.05, 0.1) is 18.8 Å². The van der Waals surface area contributed by atoms with Crippen molar-refractivity contribution >= 4 is 5.91 Å². The molecule has 0 aliphatic carbocycles. The highest BCUT2D eigenvalue weighted by atomic mass is 16.3. The Morgan fingerprint density at radius 1 is 0.962 bits per heavy atom. The summed E-state index contributed by atoms with van der Waals surface area (Å²) in [5.41, 5.74) is 0.805. The third-order valence-electron chi connectivity index (χ3n) is 4.79. The van der Waals surface area contributed by atoms with Crippen molar-refractivity contribution in [2.45, 2.75) is 89.7 Å². The van der Waals surface area contributed by atoms with Crippen LogP contribution in [0.5, 0.6) is 0 Å². The van der Waals surface area contributed by atoms with E-state index >= 15 is 0 Å². The average molecular weight is 364 g/mol. The fraction of sp³-hybridized carbons (Fsp3) is 0.682. The lowest BCUT2D eigenvalue weighted by atomic mass is 10.0. The van der Waals surface area contributed by atoms with Crippen molar-refractivity contribution in [2.24, 2.45) is 0 Å². The van der Waals surface area contributed by atoms with Gasteiger partial charge in [0.2, 0.25) is 5.91 Å². The summed E-state index contributed by atoms with van der Waals surface area (Å²) in [6.45, 7) is 2.07. The molecule has 0 unspecified atom stereocenters. The van der Waals surface area contributed by atoms with Gasteiger partial charge >= 0.3 is 0 Å². The van der Waals surface area contributed by atoms with Crippen molar-refractivity contribution in [1.82, 2.24) is 5.32 Å². The molecule has 4 nitrogen and oxygen atoms in total. The number of hydrogen-bond donors (Lipinski definition) is 3. The molecule has 4 heteroatoms. The van der Waals surface area contributed by atoms with Crippen molar-refractivity contribution in [3.8, 4) is 0 Å². The molecule has 0 saturated heterocycles. The monoisotopic (exact) mass is 363 g/mol. The van der Waals surface area contributed by atoms with E-state index in [0.717, 1.165) is 18.4 Å². The van der Waals surface area contributed by atoms with Gasteiger partial charge in [-0.05, 0) is 18.4 Å². The SMILES string of the molecule is CCCCCCCCCCCC(=O)N[C@H](CO)C[C@H](O)c1ccccc1. The zero-order valence-electron chi connectivity index (χ0n) is 16.3. The van der Waals surface area contributed by atoms with Gasteiger partial charge in [0, 0.05) is 6.42 Å². The van der Waals surface area contributed by atoms with Gasteiger partial charge in [0.15, 0.2) is 0 Å². The van der Waals surface area contributed by atoms with Crippen molar-refractivity contribution in [3.63, 3.8) is 0 Å². The third kappa shape index (κ3) is 10.6. The number of benzene rings is 1. The maximum atomic E-state index is 12.0. The molecule has 1 rings (SSSR count). The Balaban J connectivity index is 2.12. The van der Waals surface area contributed by atoms with Crippen LogP contribution in [0.15, 0.2) is 30.3 Å². The second-order valence-corrected chi connectivity index (χ2v) is 7.19. The first-order chi connectivity index (χ1) is 12.7. The zero-order chi connectivity index (χ0) is 19.0. The molecule has 0 aliphatic heterocycles. The molecule has 1 aromatic rings. The van der Waals surface area contributed by atoms with Crippen molar-refractivity contribution in [3.05, 3.63) is 35.9 Å². The van der Waals surface area contributed by atoms with Crippen LogP contribution in [-0.2, 0) is 4.79 Å². The quantitative estimate of drug-likeness (QED) is 0.402. The van der Waals surface area contributed by atoms with Gasteiger partial charge in [-0.3, -0.25) is 4.79 Å². The molecule has 0 fully saturated rings. The van der Waals surface area contributed by atoms with E-state index in [-0.39, 0.29) is 12.5 Å². The van der Waals surface area contributed by atoms with Gasteiger partial charge < -0.3 is 15.5 Å². The predicted molar refractivity (Wildman–Crippen MR) is 107 cm³/mol. The number of carbonyl (C=O) groups is 1. The summed E-state index contributed by atoms with van der Waals surface area (Å²) in [6, 6.07) is 8.93. The molecule has 2 atom stereocenters. The molecular weight excluding hydrogens is 326 g/mol. The van der Waals surface area contributed by atoms with E-state index in [1.807, 2.05) is 30.3 Å². The van der Waals surface area contributed by atoms with Gasteiger partial charge in [0.25, 0.3) is 0 Å². The summed E-state index contributed by atoms with van der Waals surface area (Å²) in [5.74, 6) is -0.0349. The lowest BCUT2D eigenvalue weighted by molar-refractivity contribution is -0.122. The molecule has 0 bridgehead atoms. The molecule has 0 saturated carbocycles. The number of aliphatic hydroxyl groups excluding tert-OH is 2. The van der Waals surface area contributed by atoms with Gasteiger partial charge in [-0.2, -0.15) is 0 Å². The molecule has 1 aromatic carbocycles. The number of rotatable bonds is 15. The molecule has 0 spiro atoms. The van der Waals surface area contributed by atoms with Crippen LogP contribution in [0.1, 0.15) is 89.2 Å². The van der Waals surface area contributed by atoms with Crippen LogP contribution in [0.2, 0.25) is 0 Å². The molecule has 26 heavy (non-hydrogen) atoms. The maximum absolute atomic E-state index is 12.0. The molecule has 0 aromatic heterocycles. The summed E-state index contributed by atoms with van der Waals surface area (Å²) in [4.78, 5) is 12.0. The van der Waals surface area contributed by atoms with Crippen LogP contribution in [0.4, 0.5) is 0 Å². The Morgan fingerprint density at radius 3 is 2.12 bits per heavy atom. The number of nitrogens with one attached hydrogen (secondary N) is 1. The first-order valence-corrected chi connectivity index (χ1v) is 10.3. The molecule has 148 valence electrons. The van der Waals surface area contributed by atoms with E-state index in [1.165, 1.54) is 44.9 Å². The van der Waals surface area contributed by atoms with Crippen molar-refractivity contribution in [1.29, 1.82) is 0 Å². The Labute approximate surface area is 159 Å². The molecule has 0 radical (unpaired) electrons. The van der Waals surface area contributed by atoms with Crippen LogP contribution < -0.4 is 5.32 Å². The van der Waals surface area contributed by atoms with Crippen LogP contribution in [0.25, 0.3) is 0 Å². The Morgan fingerprint density at radius 2 is 1.54 bits per heavy atom. The minimum absolute atomic E-state index is 0.0349. The first kappa shape index (κ1) is 22.7. The van der Waals surface area contributed by atoms with Gasteiger partial charge in [-0.1, -0.05) is 88.6 Å². The molecule has 3 N–H and O–H groups in total. The summed E-state index contributed by atoms with van der Waals surface area (Å²) in [5, 5.41) is 22.5. The van der Waals surface area contributed by atoms with E-state index in [0.29, 0.717) is 12.8 Å². The standard InChI is InChI=1S/C22H37NO3/c1-2-3-4-5-6-7-8-9-13-16-22(26)23-20(18-24)17-21(25)19-14-11-10-12-15-19/h10-12,14-15,20-21,24-25H,2-9,13,16-18H2,1H3,(H,23,26)/t20-,21-/m0/s1. The number of unbranched alkanes of at least 4 members (excludes halogenated alkanes) is 8. The van der Waals surface area contributed by atoms with Crippen molar-refractivity contribution < 1.29 is 15.0 Å². The Kier molecular flexibility index (Phi) is 12.8.